The van der Waals surface area contributed by atoms with Crippen LogP contribution in [0.4, 0.5) is 5.69 Å². The van der Waals surface area contributed by atoms with Gasteiger partial charge >= 0.3 is 0 Å². The van der Waals surface area contributed by atoms with Crippen LogP contribution in [-0.4, -0.2) is 7.11 Å². The van der Waals surface area contributed by atoms with E-state index in [1.165, 1.54) is 44.1 Å². The van der Waals surface area contributed by atoms with Gasteiger partial charge in [-0.1, -0.05) is 45.1 Å². The van der Waals surface area contributed by atoms with Crippen LogP contribution >= 0.6 is 0 Å². The van der Waals surface area contributed by atoms with Crippen molar-refractivity contribution in [3.05, 3.63) is 23.8 Å². The first-order chi connectivity index (χ1) is 8.27. The zero-order valence-electron chi connectivity index (χ0n) is 11.2. The summed E-state index contributed by atoms with van der Waals surface area (Å²) in [7, 11) is 1.65. The number of rotatable bonds is 8. The number of ether oxygens (including phenoxy) is 1. The van der Waals surface area contributed by atoms with Gasteiger partial charge in [0.2, 0.25) is 0 Å². The molecule has 0 unspecified atom stereocenters. The zero-order chi connectivity index (χ0) is 12.5. The minimum absolute atomic E-state index is 0.746. The molecule has 0 aliphatic heterocycles. The Hall–Kier alpha value is -1.18. The van der Waals surface area contributed by atoms with Gasteiger partial charge in [-0.2, -0.15) is 0 Å². The quantitative estimate of drug-likeness (QED) is 0.542. The van der Waals surface area contributed by atoms with Crippen LogP contribution in [0.15, 0.2) is 18.2 Å². The predicted octanol–water partition coefficient (Wildman–Crippen LogP) is 4.18. The van der Waals surface area contributed by atoms with Gasteiger partial charge in [-0.25, -0.2) is 0 Å². The molecule has 17 heavy (non-hydrogen) atoms. The molecule has 0 aliphatic carbocycles. The third-order valence-electron chi connectivity index (χ3n) is 3.11. The lowest BCUT2D eigenvalue weighted by molar-refractivity contribution is 0.417. The molecular weight excluding hydrogens is 210 g/mol. The van der Waals surface area contributed by atoms with E-state index in [1.807, 2.05) is 12.1 Å². The van der Waals surface area contributed by atoms with Gasteiger partial charge in [-0.15, -0.1) is 0 Å². The molecule has 0 bridgehead atoms. The van der Waals surface area contributed by atoms with Crippen molar-refractivity contribution < 1.29 is 4.74 Å². The minimum atomic E-state index is 0.746. The summed E-state index contributed by atoms with van der Waals surface area (Å²) in [6.45, 7) is 2.25. The number of unbranched alkanes of at least 4 members (excludes halogenated alkanes) is 5. The summed E-state index contributed by atoms with van der Waals surface area (Å²) in [5.74, 6) is 0.775. The van der Waals surface area contributed by atoms with E-state index in [4.69, 9.17) is 10.5 Å². The average molecular weight is 235 g/mol. The van der Waals surface area contributed by atoms with Crippen molar-refractivity contribution in [3.8, 4) is 5.75 Å². The Bertz CT molecular complexity index is 323. The van der Waals surface area contributed by atoms with E-state index in [1.54, 1.807) is 7.11 Å². The van der Waals surface area contributed by atoms with Crippen molar-refractivity contribution >= 4 is 5.69 Å². The Morgan fingerprint density at radius 3 is 2.41 bits per heavy atom. The van der Waals surface area contributed by atoms with E-state index < -0.39 is 0 Å². The number of hydrogen-bond donors (Lipinski definition) is 1. The van der Waals surface area contributed by atoms with Crippen molar-refractivity contribution in [2.45, 2.75) is 51.9 Å². The number of benzene rings is 1. The van der Waals surface area contributed by atoms with E-state index >= 15 is 0 Å². The Labute approximate surface area is 105 Å². The van der Waals surface area contributed by atoms with E-state index in [0.29, 0.717) is 0 Å². The van der Waals surface area contributed by atoms with E-state index in [2.05, 4.69) is 13.0 Å². The SMILES string of the molecule is CCCCCCCCc1ccc(OC)c(N)c1. The Morgan fingerprint density at radius 2 is 1.76 bits per heavy atom. The highest BCUT2D eigenvalue weighted by Gasteiger charge is 2.00. The molecule has 0 fully saturated rings. The second-order valence-electron chi connectivity index (χ2n) is 4.59. The van der Waals surface area contributed by atoms with Gasteiger partial charge in [-0.3, -0.25) is 0 Å². The van der Waals surface area contributed by atoms with Gasteiger partial charge in [0.15, 0.2) is 0 Å². The number of anilines is 1. The lowest BCUT2D eigenvalue weighted by Gasteiger charge is -2.07. The summed E-state index contributed by atoms with van der Waals surface area (Å²) in [6.07, 6.45) is 9.13. The first-order valence-corrected chi connectivity index (χ1v) is 6.70. The van der Waals surface area contributed by atoms with Crippen molar-refractivity contribution in [2.24, 2.45) is 0 Å². The number of nitrogens with two attached hydrogens (primary N) is 1. The van der Waals surface area contributed by atoms with Gasteiger partial charge < -0.3 is 10.5 Å². The lowest BCUT2D eigenvalue weighted by Crippen LogP contribution is -1.94. The third-order valence-corrected chi connectivity index (χ3v) is 3.11. The normalized spacial score (nSPS) is 10.5. The summed E-state index contributed by atoms with van der Waals surface area (Å²) in [5.41, 5.74) is 7.94. The highest BCUT2D eigenvalue weighted by Crippen LogP contribution is 2.22. The molecular formula is C15H25NO. The fraction of sp³-hybridized carbons (Fsp3) is 0.600. The second-order valence-corrected chi connectivity index (χ2v) is 4.59. The Morgan fingerprint density at radius 1 is 1.06 bits per heavy atom. The predicted molar refractivity (Wildman–Crippen MR) is 74.5 cm³/mol. The zero-order valence-corrected chi connectivity index (χ0v) is 11.2. The van der Waals surface area contributed by atoms with Crippen LogP contribution in [0.1, 0.15) is 51.0 Å². The molecule has 0 amide bonds. The van der Waals surface area contributed by atoms with Gasteiger partial charge in [0, 0.05) is 0 Å². The summed E-state index contributed by atoms with van der Waals surface area (Å²) in [4.78, 5) is 0. The molecule has 0 aromatic heterocycles. The van der Waals surface area contributed by atoms with Crippen LogP contribution < -0.4 is 10.5 Å². The van der Waals surface area contributed by atoms with Crippen LogP contribution in [-0.2, 0) is 6.42 Å². The molecule has 1 aromatic rings. The molecule has 0 atom stereocenters. The number of methoxy groups -OCH3 is 1. The number of nitrogen functional groups attached to an aromatic ring is 1. The van der Waals surface area contributed by atoms with Crippen LogP contribution in [0.25, 0.3) is 0 Å². The number of hydrogen-bond acceptors (Lipinski definition) is 2. The standard InChI is InChI=1S/C15H25NO/c1-3-4-5-6-7-8-9-13-10-11-15(17-2)14(16)12-13/h10-12H,3-9,16H2,1-2H3. The molecule has 0 heterocycles. The molecule has 2 nitrogen and oxygen atoms in total. The minimum Gasteiger partial charge on any atom is -0.495 e. The summed E-state index contributed by atoms with van der Waals surface area (Å²) < 4.78 is 5.14. The summed E-state index contributed by atoms with van der Waals surface area (Å²) in [5, 5.41) is 0. The molecule has 0 radical (unpaired) electrons. The highest BCUT2D eigenvalue weighted by atomic mass is 16.5. The largest absolute Gasteiger partial charge is 0.495 e. The van der Waals surface area contributed by atoms with E-state index in [-0.39, 0.29) is 0 Å². The maximum atomic E-state index is 5.88. The Kier molecular flexibility index (Phi) is 6.53. The molecule has 0 saturated carbocycles. The highest BCUT2D eigenvalue weighted by molar-refractivity contribution is 5.54. The van der Waals surface area contributed by atoms with Crippen LogP contribution in [0, 0.1) is 0 Å². The smallest absolute Gasteiger partial charge is 0.141 e. The van der Waals surface area contributed by atoms with Crippen molar-refractivity contribution in [1.82, 2.24) is 0 Å². The average Bonchev–Trinajstić information content (AvgIpc) is 2.34. The van der Waals surface area contributed by atoms with Gasteiger partial charge in [-0.05, 0) is 30.5 Å². The van der Waals surface area contributed by atoms with Gasteiger partial charge in [0.25, 0.3) is 0 Å². The summed E-state index contributed by atoms with van der Waals surface area (Å²) in [6, 6.07) is 6.11. The molecule has 96 valence electrons. The first kappa shape index (κ1) is 13.9. The molecule has 2 heteroatoms. The fourth-order valence-electron chi connectivity index (χ4n) is 2.05. The molecule has 2 N–H and O–H groups in total. The first-order valence-electron chi connectivity index (χ1n) is 6.70. The molecule has 1 aromatic carbocycles. The molecule has 0 spiro atoms. The topological polar surface area (TPSA) is 35.2 Å². The van der Waals surface area contributed by atoms with Gasteiger partial charge in [0.1, 0.15) is 5.75 Å². The van der Waals surface area contributed by atoms with E-state index in [0.717, 1.165) is 17.9 Å². The monoisotopic (exact) mass is 235 g/mol. The van der Waals surface area contributed by atoms with Gasteiger partial charge in [0.05, 0.1) is 12.8 Å². The second kappa shape index (κ2) is 7.99. The Balaban J connectivity index is 2.25. The summed E-state index contributed by atoms with van der Waals surface area (Å²) >= 11 is 0. The lowest BCUT2D eigenvalue weighted by atomic mass is 10.0. The molecule has 1 rings (SSSR count). The molecule has 0 saturated heterocycles. The number of aryl methyl sites for hydroxylation is 1. The van der Waals surface area contributed by atoms with Crippen molar-refractivity contribution in [1.29, 1.82) is 0 Å². The van der Waals surface area contributed by atoms with E-state index in [9.17, 15) is 0 Å². The van der Waals surface area contributed by atoms with Crippen LogP contribution in [0.3, 0.4) is 0 Å². The third kappa shape index (κ3) is 5.12. The van der Waals surface area contributed by atoms with Crippen LogP contribution in [0.2, 0.25) is 0 Å². The molecule has 0 aliphatic rings. The maximum Gasteiger partial charge on any atom is 0.141 e. The van der Waals surface area contributed by atoms with Crippen molar-refractivity contribution in [3.63, 3.8) is 0 Å². The fourth-order valence-corrected chi connectivity index (χ4v) is 2.05. The van der Waals surface area contributed by atoms with Crippen LogP contribution in [0.5, 0.6) is 5.75 Å². The van der Waals surface area contributed by atoms with Crippen molar-refractivity contribution in [2.75, 3.05) is 12.8 Å². The maximum absolute atomic E-state index is 5.88.